The first-order chi connectivity index (χ1) is 17.2. The van der Waals surface area contributed by atoms with Crippen LogP contribution in [0.25, 0.3) is 0 Å². The fourth-order valence-electron chi connectivity index (χ4n) is 4.08. The number of hydrogen-bond acceptors (Lipinski definition) is 6. The van der Waals surface area contributed by atoms with Crippen LogP contribution in [0, 0.1) is 0 Å². The Labute approximate surface area is 207 Å². The molecule has 1 aliphatic carbocycles. The minimum atomic E-state index is -4.90. The van der Waals surface area contributed by atoms with E-state index < -0.39 is 60.3 Å². The number of alkyl halides is 6. The van der Waals surface area contributed by atoms with E-state index in [1.165, 1.54) is 31.3 Å². The van der Waals surface area contributed by atoms with Crippen LogP contribution in [0.15, 0.2) is 48.5 Å². The average molecular weight is 537 g/mol. The van der Waals surface area contributed by atoms with E-state index in [4.69, 9.17) is 9.47 Å². The topological polar surface area (TPSA) is 97.3 Å². The van der Waals surface area contributed by atoms with Crippen LogP contribution in [0.4, 0.5) is 26.3 Å². The van der Waals surface area contributed by atoms with E-state index in [1.807, 2.05) is 0 Å². The Kier molecular flexibility index (Phi) is 8.73. The van der Waals surface area contributed by atoms with Gasteiger partial charge in [-0.3, -0.25) is 4.79 Å². The molecule has 0 aromatic heterocycles. The van der Waals surface area contributed by atoms with E-state index in [9.17, 15) is 41.4 Å². The van der Waals surface area contributed by atoms with Gasteiger partial charge in [-0.05, 0) is 35.4 Å². The van der Waals surface area contributed by atoms with Gasteiger partial charge in [-0.2, -0.15) is 13.2 Å². The highest BCUT2D eigenvalue weighted by molar-refractivity contribution is 5.85. The number of nitrogens with one attached hydrogen (secondary N) is 1. The average Bonchev–Trinajstić information content (AvgIpc) is 2.82. The molecule has 7 nitrogen and oxygen atoms in total. The van der Waals surface area contributed by atoms with Gasteiger partial charge in [-0.15, -0.1) is 13.2 Å². The highest BCUT2D eigenvalue weighted by atomic mass is 19.4. The monoisotopic (exact) mass is 537 g/mol. The van der Waals surface area contributed by atoms with Gasteiger partial charge in [-0.25, -0.2) is 0 Å². The first-order valence-corrected chi connectivity index (χ1v) is 11.1. The van der Waals surface area contributed by atoms with E-state index in [0.29, 0.717) is 0 Å². The first-order valence-electron chi connectivity index (χ1n) is 11.1. The van der Waals surface area contributed by atoms with Crippen molar-refractivity contribution >= 4 is 5.91 Å². The molecule has 1 unspecified atom stereocenters. The minimum Gasteiger partial charge on any atom is -0.406 e. The van der Waals surface area contributed by atoms with Crippen LogP contribution in [0.3, 0.4) is 0 Å². The molecule has 0 spiro atoms. The normalized spacial score (nSPS) is 24.5. The van der Waals surface area contributed by atoms with Gasteiger partial charge in [0.05, 0.1) is 31.0 Å². The van der Waals surface area contributed by atoms with Gasteiger partial charge < -0.3 is 29.7 Å². The molecule has 1 aliphatic rings. The molecule has 37 heavy (non-hydrogen) atoms. The molecule has 0 saturated heterocycles. The summed E-state index contributed by atoms with van der Waals surface area (Å²) in [4.78, 5) is 12.8. The number of benzene rings is 2. The number of hydrogen-bond donors (Lipinski definition) is 3. The lowest BCUT2D eigenvalue weighted by Gasteiger charge is -2.43. The number of carbonyl (C=O) groups excluding carboxylic acids is 1. The Morgan fingerprint density at radius 3 is 2.27 bits per heavy atom. The summed E-state index contributed by atoms with van der Waals surface area (Å²) in [5.41, 5.74) is -2.30. The second-order valence-corrected chi connectivity index (χ2v) is 8.57. The van der Waals surface area contributed by atoms with Crippen LogP contribution in [0.1, 0.15) is 29.5 Å². The maximum absolute atomic E-state index is 13.1. The quantitative estimate of drug-likeness (QED) is 0.445. The summed E-state index contributed by atoms with van der Waals surface area (Å²) in [6.07, 6.45) is -14.3. The van der Waals surface area contributed by atoms with Gasteiger partial charge in [0.15, 0.2) is 5.60 Å². The molecule has 1 saturated carbocycles. The number of rotatable bonds is 8. The fraction of sp³-hybridized carbons (Fsp3) is 0.458. The maximum atomic E-state index is 13.1. The van der Waals surface area contributed by atoms with Gasteiger partial charge in [0.25, 0.3) is 5.91 Å². The van der Waals surface area contributed by atoms with Crippen molar-refractivity contribution in [1.82, 2.24) is 5.32 Å². The van der Waals surface area contributed by atoms with E-state index in [1.54, 1.807) is 0 Å². The molecule has 1 fully saturated rings. The Balaban J connectivity index is 1.76. The molecule has 0 bridgehead atoms. The standard InChI is InChI=1S/C24H25F6NO6/c1-31-21(34)22(36-13-14-4-2-6-16(8-14)23(25,26)27)10-18(32)20(33)19(11-22)35-12-15-5-3-7-17(9-15)37-24(28,29)30/h2-9,18-20,32-33H,10-13H2,1H3,(H,31,34)/t18-,19?,20-,22+/m1/s1. The number of likely N-dealkylation sites (N-methyl/N-ethyl adjacent to an activating group) is 1. The van der Waals surface area contributed by atoms with E-state index in [-0.39, 0.29) is 30.6 Å². The van der Waals surface area contributed by atoms with Crippen LogP contribution in [-0.4, -0.2) is 53.4 Å². The number of amides is 1. The fourth-order valence-corrected chi connectivity index (χ4v) is 4.08. The van der Waals surface area contributed by atoms with Gasteiger partial charge in [-0.1, -0.05) is 24.3 Å². The summed E-state index contributed by atoms with van der Waals surface area (Å²) in [7, 11) is 1.30. The number of aliphatic hydroxyl groups is 2. The molecule has 0 aliphatic heterocycles. The summed E-state index contributed by atoms with van der Waals surface area (Å²) >= 11 is 0. The van der Waals surface area contributed by atoms with Gasteiger partial charge in [0.1, 0.15) is 11.9 Å². The second kappa shape index (κ2) is 11.3. The van der Waals surface area contributed by atoms with Crippen molar-refractivity contribution in [3.8, 4) is 5.75 Å². The molecule has 3 rings (SSSR count). The number of aliphatic hydroxyl groups excluding tert-OH is 2. The first kappa shape index (κ1) is 28.7. The third-order valence-corrected chi connectivity index (χ3v) is 5.85. The molecule has 0 radical (unpaired) electrons. The van der Waals surface area contributed by atoms with Gasteiger partial charge in [0.2, 0.25) is 0 Å². The van der Waals surface area contributed by atoms with Crippen molar-refractivity contribution in [1.29, 1.82) is 0 Å². The minimum absolute atomic E-state index is 0.123. The van der Waals surface area contributed by atoms with E-state index in [0.717, 1.165) is 24.3 Å². The maximum Gasteiger partial charge on any atom is 0.573 e. The summed E-state index contributed by atoms with van der Waals surface area (Å²) in [6.45, 7) is -0.718. The lowest BCUT2D eigenvalue weighted by atomic mass is 9.78. The van der Waals surface area contributed by atoms with Crippen molar-refractivity contribution in [2.75, 3.05) is 7.05 Å². The SMILES string of the molecule is CNC(=O)[C@@]1(OCc2cccc(C(F)(F)F)c2)CC(OCc2cccc(OC(F)(F)F)c2)[C@H](O)[C@H](O)C1. The van der Waals surface area contributed by atoms with Gasteiger partial charge in [0, 0.05) is 19.9 Å². The van der Waals surface area contributed by atoms with Crippen molar-refractivity contribution < 1.29 is 55.6 Å². The third kappa shape index (κ3) is 7.57. The number of halogens is 6. The van der Waals surface area contributed by atoms with E-state index in [2.05, 4.69) is 10.1 Å². The predicted molar refractivity (Wildman–Crippen MR) is 116 cm³/mol. The van der Waals surface area contributed by atoms with Crippen LogP contribution in [0.5, 0.6) is 5.75 Å². The molecule has 13 heteroatoms. The third-order valence-electron chi connectivity index (χ3n) is 5.85. The molecule has 2 aromatic carbocycles. The molecule has 3 N–H and O–H groups in total. The van der Waals surface area contributed by atoms with E-state index >= 15 is 0 Å². The Bertz CT molecular complexity index is 1080. The summed E-state index contributed by atoms with van der Waals surface area (Å²) in [6, 6.07) is 9.25. The van der Waals surface area contributed by atoms with Crippen LogP contribution in [0.2, 0.25) is 0 Å². The smallest absolute Gasteiger partial charge is 0.406 e. The zero-order valence-electron chi connectivity index (χ0n) is 19.5. The Hall–Kier alpha value is -2.87. The largest absolute Gasteiger partial charge is 0.573 e. The molecular weight excluding hydrogens is 512 g/mol. The predicted octanol–water partition coefficient (Wildman–Crippen LogP) is 3.71. The summed E-state index contributed by atoms with van der Waals surface area (Å²) in [5.74, 6) is -1.18. The second-order valence-electron chi connectivity index (χ2n) is 8.57. The zero-order valence-corrected chi connectivity index (χ0v) is 19.5. The Morgan fingerprint density at radius 2 is 1.65 bits per heavy atom. The van der Waals surface area contributed by atoms with Crippen LogP contribution >= 0.6 is 0 Å². The molecule has 2 aromatic rings. The Morgan fingerprint density at radius 1 is 1.00 bits per heavy atom. The lowest BCUT2D eigenvalue weighted by Crippen LogP contribution is -2.60. The molecule has 204 valence electrons. The van der Waals surface area contributed by atoms with Crippen molar-refractivity contribution in [3.05, 3.63) is 65.2 Å². The summed E-state index contributed by atoms with van der Waals surface area (Å²) in [5, 5.41) is 23.3. The molecule has 0 heterocycles. The zero-order chi connectivity index (χ0) is 27.4. The van der Waals surface area contributed by atoms with Crippen molar-refractivity contribution in [3.63, 3.8) is 0 Å². The van der Waals surface area contributed by atoms with Crippen molar-refractivity contribution in [2.24, 2.45) is 0 Å². The van der Waals surface area contributed by atoms with Gasteiger partial charge >= 0.3 is 12.5 Å². The van der Waals surface area contributed by atoms with Crippen LogP contribution < -0.4 is 10.1 Å². The number of carbonyl (C=O) groups is 1. The highest BCUT2D eigenvalue weighted by Crippen LogP contribution is 2.36. The molecule has 4 atom stereocenters. The lowest BCUT2D eigenvalue weighted by molar-refractivity contribution is -0.274. The highest BCUT2D eigenvalue weighted by Gasteiger charge is 2.51. The van der Waals surface area contributed by atoms with Crippen molar-refractivity contribution in [2.45, 2.75) is 62.5 Å². The number of ether oxygens (including phenoxy) is 3. The summed E-state index contributed by atoms with van der Waals surface area (Å²) < 4.78 is 91.9. The molecule has 1 amide bonds. The van der Waals surface area contributed by atoms with Crippen LogP contribution in [-0.2, 0) is 33.7 Å². The molecular formula is C24H25F6NO6.